The van der Waals surface area contributed by atoms with Crippen LogP contribution in [0.2, 0.25) is 0 Å². The van der Waals surface area contributed by atoms with Gasteiger partial charge in [-0.25, -0.2) is 9.69 Å². The monoisotopic (exact) mass is 532 g/mol. The van der Waals surface area contributed by atoms with Gasteiger partial charge in [-0.2, -0.15) is 0 Å². The molecule has 1 N–H and O–H groups in total. The van der Waals surface area contributed by atoms with Gasteiger partial charge in [-0.15, -0.1) is 0 Å². The highest BCUT2D eigenvalue weighted by Gasteiger charge is 2.44. The molecule has 1 saturated heterocycles. The SMILES string of the molecule is COC(=O)CC[C@@H](C(=O)N1C(=O)OC[C@@H]1c1ccccc1)[C@H](Nc1ccc(OC)cc1)c1ccc(OC)cc1. The number of ether oxygens (including phenoxy) is 4. The maximum Gasteiger partial charge on any atom is 0.417 e. The quantitative estimate of drug-likeness (QED) is 0.339. The van der Waals surface area contributed by atoms with Crippen LogP contribution in [-0.4, -0.2) is 50.8 Å². The van der Waals surface area contributed by atoms with Crippen molar-refractivity contribution in [1.29, 1.82) is 0 Å². The highest BCUT2D eigenvalue weighted by molar-refractivity contribution is 5.95. The number of methoxy groups -OCH3 is 3. The second-order valence-corrected chi connectivity index (χ2v) is 9.06. The van der Waals surface area contributed by atoms with E-state index in [9.17, 15) is 14.4 Å². The van der Waals surface area contributed by atoms with E-state index in [0.29, 0.717) is 11.5 Å². The second-order valence-electron chi connectivity index (χ2n) is 9.06. The van der Waals surface area contributed by atoms with Crippen LogP contribution in [-0.2, 0) is 19.1 Å². The smallest absolute Gasteiger partial charge is 0.417 e. The van der Waals surface area contributed by atoms with Crippen LogP contribution in [0.5, 0.6) is 11.5 Å². The van der Waals surface area contributed by atoms with Crippen molar-refractivity contribution in [2.45, 2.75) is 24.9 Å². The first-order chi connectivity index (χ1) is 18.9. The number of anilines is 1. The molecule has 0 unspecified atom stereocenters. The van der Waals surface area contributed by atoms with Gasteiger partial charge in [-0.3, -0.25) is 9.59 Å². The number of amides is 2. The summed E-state index contributed by atoms with van der Waals surface area (Å²) in [5, 5.41) is 3.45. The Kier molecular flexibility index (Phi) is 9.04. The van der Waals surface area contributed by atoms with Crippen molar-refractivity contribution < 1.29 is 33.3 Å². The van der Waals surface area contributed by atoms with Crippen molar-refractivity contribution in [1.82, 2.24) is 4.90 Å². The van der Waals surface area contributed by atoms with E-state index in [1.807, 2.05) is 66.7 Å². The number of carbonyl (C=O) groups excluding carboxylic acids is 3. The summed E-state index contributed by atoms with van der Waals surface area (Å²) in [5.74, 6) is -0.375. The van der Waals surface area contributed by atoms with E-state index in [1.165, 1.54) is 12.0 Å². The van der Waals surface area contributed by atoms with Crippen LogP contribution < -0.4 is 14.8 Å². The van der Waals surface area contributed by atoms with Crippen molar-refractivity contribution in [3.05, 3.63) is 90.0 Å². The maximum absolute atomic E-state index is 14.3. The fourth-order valence-electron chi connectivity index (χ4n) is 4.67. The predicted molar refractivity (Wildman–Crippen MR) is 144 cm³/mol. The Labute approximate surface area is 227 Å². The zero-order valence-corrected chi connectivity index (χ0v) is 22.2. The number of cyclic esters (lactones) is 1. The minimum atomic E-state index is -0.823. The lowest BCUT2D eigenvalue weighted by atomic mass is 9.87. The van der Waals surface area contributed by atoms with Gasteiger partial charge in [0.25, 0.3) is 0 Å². The molecular weight excluding hydrogens is 500 g/mol. The molecule has 9 nitrogen and oxygen atoms in total. The fraction of sp³-hybridized carbons (Fsp3) is 0.300. The van der Waals surface area contributed by atoms with Crippen LogP contribution in [0.25, 0.3) is 0 Å². The largest absolute Gasteiger partial charge is 0.497 e. The minimum absolute atomic E-state index is 0.0112. The molecule has 1 heterocycles. The van der Waals surface area contributed by atoms with Crippen LogP contribution in [0.15, 0.2) is 78.9 Å². The standard InChI is InChI=1S/C30H32N2O7/c1-36-23-13-9-21(10-14-23)28(31-22-11-15-24(37-2)16-12-22)25(17-18-27(33)38-3)29(34)32-26(19-39-30(32)35)20-7-5-4-6-8-20/h4-16,25-26,28,31H,17-19H2,1-3H3/t25-,26-,28-/m1/s1. The number of hydrogen-bond acceptors (Lipinski definition) is 8. The number of nitrogens with one attached hydrogen (secondary N) is 1. The first-order valence-corrected chi connectivity index (χ1v) is 12.6. The number of imide groups is 1. The summed E-state index contributed by atoms with van der Waals surface area (Å²) in [4.78, 5) is 40.5. The molecule has 204 valence electrons. The number of benzene rings is 3. The van der Waals surface area contributed by atoms with Gasteiger partial charge in [0, 0.05) is 12.1 Å². The molecule has 0 spiro atoms. The fourth-order valence-corrected chi connectivity index (χ4v) is 4.67. The summed E-state index contributed by atoms with van der Waals surface area (Å²) in [6, 6.07) is 22.7. The Hall–Kier alpha value is -4.53. The normalized spacial score (nSPS) is 16.1. The number of nitrogens with zero attached hydrogens (tertiary/aromatic N) is 1. The minimum Gasteiger partial charge on any atom is -0.497 e. The van der Waals surface area contributed by atoms with Crippen LogP contribution in [0, 0.1) is 5.92 Å². The Morgan fingerprint density at radius 1 is 0.923 bits per heavy atom. The number of hydrogen-bond donors (Lipinski definition) is 1. The third kappa shape index (κ3) is 6.49. The zero-order chi connectivity index (χ0) is 27.8. The van der Waals surface area contributed by atoms with E-state index in [2.05, 4.69) is 5.32 Å². The van der Waals surface area contributed by atoms with Crippen molar-refractivity contribution >= 4 is 23.7 Å². The average molecular weight is 533 g/mol. The molecule has 3 aromatic carbocycles. The van der Waals surface area contributed by atoms with Crippen LogP contribution in [0.4, 0.5) is 10.5 Å². The molecule has 4 rings (SSSR count). The lowest BCUT2D eigenvalue weighted by Gasteiger charge is -2.32. The van der Waals surface area contributed by atoms with E-state index in [0.717, 1.165) is 16.8 Å². The summed E-state index contributed by atoms with van der Waals surface area (Å²) in [7, 11) is 4.47. The first kappa shape index (κ1) is 27.5. The summed E-state index contributed by atoms with van der Waals surface area (Å²) in [6.07, 6.45) is -0.589. The van der Waals surface area contributed by atoms with E-state index in [-0.39, 0.29) is 19.4 Å². The third-order valence-electron chi connectivity index (χ3n) is 6.79. The number of carbonyl (C=O) groups is 3. The van der Waals surface area contributed by atoms with Gasteiger partial charge < -0.3 is 24.3 Å². The maximum atomic E-state index is 14.3. The lowest BCUT2D eigenvalue weighted by molar-refractivity contribution is -0.141. The molecule has 0 bridgehead atoms. The van der Waals surface area contributed by atoms with Gasteiger partial charge in [-0.05, 0) is 53.9 Å². The van der Waals surface area contributed by atoms with Crippen LogP contribution in [0.3, 0.4) is 0 Å². The number of esters is 1. The van der Waals surface area contributed by atoms with Crippen molar-refractivity contribution in [3.63, 3.8) is 0 Å². The molecule has 1 aliphatic rings. The molecule has 3 atom stereocenters. The Bertz CT molecular complexity index is 1260. The molecule has 1 fully saturated rings. The predicted octanol–water partition coefficient (Wildman–Crippen LogP) is 5.15. The molecule has 0 aliphatic carbocycles. The molecule has 3 aromatic rings. The van der Waals surface area contributed by atoms with Gasteiger partial charge in [-0.1, -0.05) is 42.5 Å². The van der Waals surface area contributed by atoms with Crippen LogP contribution in [0.1, 0.15) is 36.1 Å². The lowest BCUT2D eigenvalue weighted by Crippen LogP contribution is -2.42. The summed E-state index contributed by atoms with van der Waals surface area (Å²) in [6.45, 7) is 0.0530. The first-order valence-electron chi connectivity index (χ1n) is 12.6. The molecule has 0 radical (unpaired) electrons. The van der Waals surface area contributed by atoms with E-state index < -0.39 is 36.0 Å². The molecule has 0 aromatic heterocycles. The topological polar surface area (TPSA) is 103 Å². The van der Waals surface area contributed by atoms with Crippen molar-refractivity contribution in [2.24, 2.45) is 5.92 Å². The van der Waals surface area contributed by atoms with Gasteiger partial charge in [0.05, 0.1) is 33.3 Å². The van der Waals surface area contributed by atoms with E-state index in [4.69, 9.17) is 18.9 Å². The highest BCUT2D eigenvalue weighted by atomic mass is 16.6. The molecular formula is C30H32N2O7. The number of rotatable bonds is 11. The van der Waals surface area contributed by atoms with Gasteiger partial charge >= 0.3 is 12.1 Å². The molecule has 1 aliphatic heterocycles. The van der Waals surface area contributed by atoms with E-state index >= 15 is 0 Å². The van der Waals surface area contributed by atoms with Crippen LogP contribution >= 0.6 is 0 Å². The average Bonchev–Trinajstić information content (AvgIpc) is 3.38. The van der Waals surface area contributed by atoms with Gasteiger partial charge in [0.15, 0.2) is 0 Å². The molecule has 9 heteroatoms. The second kappa shape index (κ2) is 12.8. The third-order valence-corrected chi connectivity index (χ3v) is 6.79. The molecule has 39 heavy (non-hydrogen) atoms. The Balaban J connectivity index is 1.75. The van der Waals surface area contributed by atoms with Gasteiger partial charge in [0.2, 0.25) is 5.91 Å². The summed E-state index contributed by atoms with van der Waals surface area (Å²) >= 11 is 0. The summed E-state index contributed by atoms with van der Waals surface area (Å²) < 4.78 is 20.8. The summed E-state index contributed by atoms with van der Waals surface area (Å²) in [5.41, 5.74) is 2.29. The zero-order valence-electron chi connectivity index (χ0n) is 22.2. The Morgan fingerprint density at radius 2 is 1.54 bits per heavy atom. The van der Waals surface area contributed by atoms with E-state index in [1.54, 1.807) is 26.4 Å². The van der Waals surface area contributed by atoms with Crippen molar-refractivity contribution in [3.8, 4) is 11.5 Å². The molecule has 0 saturated carbocycles. The Morgan fingerprint density at radius 3 is 2.13 bits per heavy atom. The van der Waals surface area contributed by atoms with Gasteiger partial charge in [0.1, 0.15) is 24.1 Å². The highest BCUT2D eigenvalue weighted by Crippen LogP contribution is 2.37. The molecule has 2 amide bonds. The van der Waals surface area contributed by atoms with Crippen molar-refractivity contribution in [2.75, 3.05) is 33.3 Å².